The summed E-state index contributed by atoms with van der Waals surface area (Å²) in [6, 6.07) is 15.3. The van der Waals surface area contributed by atoms with E-state index < -0.39 is 0 Å². The number of nitrogens with zero attached hydrogens (tertiary/aromatic N) is 1. The van der Waals surface area contributed by atoms with Gasteiger partial charge in [-0.15, -0.1) is 0 Å². The largest absolute Gasteiger partial charge is 0.486 e. The number of H-pyrrole nitrogens is 1. The summed E-state index contributed by atoms with van der Waals surface area (Å²) in [6.45, 7) is 1.78. The highest BCUT2D eigenvalue weighted by Gasteiger charge is 2.18. The van der Waals surface area contributed by atoms with Gasteiger partial charge in [0.2, 0.25) is 0 Å². The highest BCUT2D eigenvalue weighted by atomic mass is 32.2. The summed E-state index contributed by atoms with van der Waals surface area (Å²) in [7, 11) is 0. The summed E-state index contributed by atoms with van der Waals surface area (Å²) in [5.74, 6) is 2.48. The molecule has 1 aliphatic rings. The summed E-state index contributed by atoms with van der Waals surface area (Å²) in [6.07, 6.45) is 3.04. The van der Waals surface area contributed by atoms with Gasteiger partial charge >= 0.3 is 0 Å². The van der Waals surface area contributed by atoms with Crippen molar-refractivity contribution in [1.29, 1.82) is 0 Å². The third-order valence-corrected chi connectivity index (χ3v) is 5.38. The summed E-state index contributed by atoms with van der Waals surface area (Å²) in [4.78, 5) is 12.2. The van der Waals surface area contributed by atoms with Gasteiger partial charge in [-0.1, -0.05) is 18.2 Å². The molecule has 0 saturated heterocycles. The molecule has 0 radical (unpaired) electrons. The molecule has 1 aromatic heterocycles. The van der Waals surface area contributed by atoms with Gasteiger partial charge in [0.15, 0.2) is 11.5 Å². The summed E-state index contributed by atoms with van der Waals surface area (Å²) < 4.78 is 11.5. The second-order valence-electron chi connectivity index (χ2n) is 6.68. The fourth-order valence-electron chi connectivity index (χ4n) is 3.21. The third-order valence-electron chi connectivity index (χ3n) is 4.69. The van der Waals surface area contributed by atoms with E-state index in [0.717, 1.165) is 46.2 Å². The molecule has 1 aliphatic heterocycles. The summed E-state index contributed by atoms with van der Waals surface area (Å²) >= 11 is 1.78. The second kappa shape index (κ2) is 9.05. The van der Waals surface area contributed by atoms with E-state index in [1.165, 1.54) is 0 Å². The smallest absolute Gasteiger partial charge is 0.251 e. The fraction of sp³-hybridized carbons (Fsp3) is 0.273. The number of ether oxygens (including phenoxy) is 2. The van der Waals surface area contributed by atoms with Crippen LogP contribution in [0.5, 0.6) is 11.5 Å². The van der Waals surface area contributed by atoms with Crippen LogP contribution in [0.2, 0.25) is 0 Å². The van der Waals surface area contributed by atoms with Crippen molar-refractivity contribution in [3.63, 3.8) is 0 Å². The zero-order chi connectivity index (χ0) is 20.1. The Morgan fingerprint density at radius 2 is 2.00 bits per heavy atom. The van der Waals surface area contributed by atoms with Gasteiger partial charge in [-0.3, -0.25) is 9.89 Å². The Morgan fingerprint density at radius 1 is 1.17 bits per heavy atom. The number of rotatable bonds is 7. The first kappa shape index (κ1) is 19.4. The minimum absolute atomic E-state index is 0.0477. The zero-order valence-electron chi connectivity index (χ0n) is 16.2. The average molecular weight is 410 g/mol. The van der Waals surface area contributed by atoms with E-state index in [-0.39, 0.29) is 5.91 Å². The Labute approximate surface area is 174 Å². The number of carbonyl (C=O) groups excluding carboxylic acids is 1. The van der Waals surface area contributed by atoms with Gasteiger partial charge in [0.1, 0.15) is 13.2 Å². The van der Waals surface area contributed by atoms with Crippen molar-refractivity contribution in [3.05, 3.63) is 54.1 Å². The number of hydrogen-bond acceptors (Lipinski definition) is 5. The number of nitrogens with one attached hydrogen (secondary N) is 2. The number of aromatic amines is 1. The van der Waals surface area contributed by atoms with Crippen LogP contribution < -0.4 is 14.8 Å². The number of hydrogen-bond donors (Lipinski definition) is 2. The molecule has 4 rings (SSSR count). The van der Waals surface area contributed by atoms with Crippen LogP contribution in [0.25, 0.3) is 22.5 Å². The lowest BCUT2D eigenvalue weighted by Gasteiger charge is -2.20. The Balaban J connectivity index is 1.48. The first-order valence-electron chi connectivity index (χ1n) is 9.58. The van der Waals surface area contributed by atoms with Crippen LogP contribution in [-0.2, 0) is 0 Å². The zero-order valence-corrected chi connectivity index (χ0v) is 17.1. The molecular weight excluding hydrogens is 386 g/mol. The van der Waals surface area contributed by atoms with Gasteiger partial charge in [0, 0.05) is 23.2 Å². The fourth-order valence-corrected chi connectivity index (χ4v) is 3.64. The molecule has 29 heavy (non-hydrogen) atoms. The average Bonchev–Trinajstić information content (AvgIpc) is 3.26. The van der Waals surface area contributed by atoms with Gasteiger partial charge in [-0.2, -0.15) is 16.9 Å². The number of amides is 1. The molecular formula is C22H23N3O3S. The van der Waals surface area contributed by atoms with Crippen LogP contribution in [0.15, 0.2) is 48.5 Å². The summed E-state index contributed by atoms with van der Waals surface area (Å²) in [5, 5.41) is 10.5. The number of benzene rings is 2. The molecule has 0 aliphatic carbocycles. The molecule has 0 unspecified atom stereocenters. The Kier molecular flexibility index (Phi) is 6.05. The predicted octanol–water partition coefficient (Wildman–Crippen LogP) is 4.00. The van der Waals surface area contributed by atoms with E-state index in [2.05, 4.69) is 21.8 Å². The lowest BCUT2D eigenvalue weighted by molar-refractivity contribution is 0.0954. The molecule has 0 bridgehead atoms. The van der Waals surface area contributed by atoms with E-state index >= 15 is 0 Å². The van der Waals surface area contributed by atoms with Crippen LogP contribution in [0, 0.1) is 0 Å². The number of fused-ring (bicyclic) bond motifs is 1. The minimum Gasteiger partial charge on any atom is -0.486 e. The van der Waals surface area contributed by atoms with Crippen molar-refractivity contribution >= 4 is 17.7 Å². The van der Waals surface area contributed by atoms with Crippen molar-refractivity contribution in [2.45, 2.75) is 6.42 Å². The third kappa shape index (κ3) is 4.40. The molecule has 1 amide bonds. The molecule has 3 aromatic rings. The van der Waals surface area contributed by atoms with E-state index in [0.29, 0.717) is 25.3 Å². The second-order valence-corrected chi connectivity index (χ2v) is 7.66. The van der Waals surface area contributed by atoms with E-state index in [1.807, 2.05) is 48.5 Å². The van der Waals surface area contributed by atoms with Gasteiger partial charge in [0.25, 0.3) is 5.91 Å². The number of para-hydroxylation sites is 1. The Hall–Kier alpha value is -2.93. The van der Waals surface area contributed by atoms with Crippen molar-refractivity contribution < 1.29 is 14.3 Å². The lowest BCUT2D eigenvalue weighted by Crippen LogP contribution is -2.24. The minimum atomic E-state index is -0.0477. The molecule has 0 saturated carbocycles. The standard InChI is InChI=1S/C22H23N3O3S/c1-29-13-3-10-23-22(26)16-8-6-15(7-9-16)18-14-19(25-24-18)17-4-2-5-20-21(17)28-12-11-27-20/h2,4-9,14H,3,10-13H2,1H3,(H,23,26)(H,24,25). The van der Waals surface area contributed by atoms with Crippen LogP contribution in [0.3, 0.4) is 0 Å². The molecule has 0 fully saturated rings. The van der Waals surface area contributed by atoms with Crippen molar-refractivity contribution in [2.24, 2.45) is 0 Å². The highest BCUT2D eigenvalue weighted by molar-refractivity contribution is 7.98. The van der Waals surface area contributed by atoms with Crippen LogP contribution in [0.4, 0.5) is 0 Å². The Morgan fingerprint density at radius 3 is 2.83 bits per heavy atom. The van der Waals surface area contributed by atoms with Crippen LogP contribution in [0.1, 0.15) is 16.8 Å². The Bertz CT molecular complexity index is 985. The lowest BCUT2D eigenvalue weighted by atomic mass is 10.1. The van der Waals surface area contributed by atoms with Crippen LogP contribution >= 0.6 is 11.8 Å². The molecule has 2 aromatic carbocycles. The monoisotopic (exact) mass is 409 g/mol. The topological polar surface area (TPSA) is 76.2 Å². The maximum atomic E-state index is 12.2. The normalized spacial score (nSPS) is 12.6. The molecule has 0 spiro atoms. The van der Waals surface area contributed by atoms with Crippen LogP contribution in [-0.4, -0.2) is 47.9 Å². The maximum Gasteiger partial charge on any atom is 0.251 e. The highest BCUT2D eigenvalue weighted by Crippen LogP contribution is 2.39. The van der Waals surface area contributed by atoms with E-state index in [1.54, 1.807) is 11.8 Å². The molecule has 2 N–H and O–H groups in total. The van der Waals surface area contributed by atoms with Gasteiger partial charge in [-0.05, 0) is 48.8 Å². The molecule has 7 heteroatoms. The SMILES string of the molecule is CSCCCNC(=O)c1ccc(-c2cc(-c3cccc4c3OCCO4)[nH]n2)cc1. The number of carbonyl (C=O) groups is 1. The first-order chi connectivity index (χ1) is 14.3. The van der Waals surface area contributed by atoms with Gasteiger partial charge in [0.05, 0.1) is 11.4 Å². The van der Waals surface area contributed by atoms with Crippen molar-refractivity contribution in [2.75, 3.05) is 31.8 Å². The molecule has 6 nitrogen and oxygen atoms in total. The molecule has 150 valence electrons. The molecule has 0 atom stereocenters. The predicted molar refractivity (Wildman–Crippen MR) is 116 cm³/mol. The van der Waals surface area contributed by atoms with E-state index in [9.17, 15) is 4.79 Å². The van der Waals surface area contributed by atoms with E-state index in [4.69, 9.17) is 9.47 Å². The quantitative estimate of drug-likeness (QED) is 0.577. The van der Waals surface area contributed by atoms with Gasteiger partial charge < -0.3 is 14.8 Å². The van der Waals surface area contributed by atoms with Gasteiger partial charge in [-0.25, -0.2) is 0 Å². The number of aromatic nitrogens is 2. The first-order valence-corrected chi connectivity index (χ1v) is 11.0. The number of thioether (sulfide) groups is 1. The maximum absolute atomic E-state index is 12.2. The van der Waals surface area contributed by atoms with Crippen molar-refractivity contribution in [3.8, 4) is 34.0 Å². The van der Waals surface area contributed by atoms with Crippen molar-refractivity contribution in [1.82, 2.24) is 15.5 Å². The molecule has 2 heterocycles. The summed E-state index contributed by atoms with van der Waals surface area (Å²) in [5.41, 5.74) is 4.17.